The van der Waals surface area contributed by atoms with Crippen LogP contribution in [0, 0.1) is 17.0 Å². The Kier molecular flexibility index (Phi) is 5.66. The number of anilines is 1. The number of nitrogens with zero attached hydrogens (tertiary/aromatic N) is 1. The number of hydrogen-bond acceptors (Lipinski definition) is 4. The average molecular weight is 282 g/mol. The zero-order valence-electron chi connectivity index (χ0n) is 12.0. The van der Waals surface area contributed by atoms with Gasteiger partial charge in [0.1, 0.15) is 0 Å². The number of thioether (sulfide) groups is 1. The fourth-order valence-electron chi connectivity index (χ4n) is 2.08. The van der Waals surface area contributed by atoms with Crippen LogP contribution in [0.5, 0.6) is 0 Å². The largest absolute Gasteiger partial charge is 0.383 e. The number of benzene rings is 1. The first-order valence-corrected chi connectivity index (χ1v) is 7.74. The second kappa shape index (κ2) is 6.80. The third-order valence-corrected chi connectivity index (χ3v) is 5.33. The maximum absolute atomic E-state index is 10.7. The van der Waals surface area contributed by atoms with Gasteiger partial charge in [0.15, 0.2) is 0 Å². The summed E-state index contributed by atoms with van der Waals surface area (Å²) in [6.45, 7) is 7.17. The molecule has 0 aliphatic rings. The van der Waals surface area contributed by atoms with Crippen molar-refractivity contribution < 1.29 is 4.92 Å². The molecule has 0 spiro atoms. The van der Waals surface area contributed by atoms with Gasteiger partial charge in [0.2, 0.25) is 0 Å². The lowest BCUT2D eigenvalue weighted by atomic mass is 10.0. The number of aryl methyl sites for hydroxylation is 1. The Morgan fingerprint density at radius 3 is 2.42 bits per heavy atom. The maximum Gasteiger partial charge on any atom is 0.269 e. The van der Waals surface area contributed by atoms with Crippen LogP contribution in [0.3, 0.4) is 0 Å². The van der Waals surface area contributed by atoms with Crippen LogP contribution in [0.1, 0.15) is 32.3 Å². The monoisotopic (exact) mass is 282 g/mol. The first kappa shape index (κ1) is 15.8. The predicted molar refractivity (Wildman–Crippen MR) is 83.2 cm³/mol. The summed E-state index contributed by atoms with van der Waals surface area (Å²) in [4.78, 5) is 10.3. The van der Waals surface area contributed by atoms with Crippen molar-refractivity contribution >= 4 is 23.1 Å². The third-order valence-electron chi connectivity index (χ3n) is 3.74. The number of nitro benzene ring substituents is 1. The number of nitro groups is 1. The number of non-ortho nitro benzene ring substituents is 1. The lowest BCUT2D eigenvalue weighted by Gasteiger charge is -2.30. The molecule has 0 radical (unpaired) electrons. The van der Waals surface area contributed by atoms with Crippen LogP contribution in [-0.4, -0.2) is 22.5 Å². The van der Waals surface area contributed by atoms with Crippen molar-refractivity contribution in [1.82, 2.24) is 0 Å². The highest BCUT2D eigenvalue weighted by molar-refractivity contribution is 8.00. The van der Waals surface area contributed by atoms with Gasteiger partial charge in [0, 0.05) is 29.1 Å². The summed E-state index contributed by atoms with van der Waals surface area (Å²) >= 11 is 1.88. The van der Waals surface area contributed by atoms with E-state index in [0.29, 0.717) is 0 Å². The van der Waals surface area contributed by atoms with Crippen LogP contribution in [-0.2, 0) is 0 Å². The normalized spacial score (nSPS) is 11.4. The Balaban J connectivity index is 2.80. The van der Waals surface area contributed by atoms with E-state index in [4.69, 9.17) is 0 Å². The summed E-state index contributed by atoms with van der Waals surface area (Å²) in [6, 6.07) is 4.96. The van der Waals surface area contributed by atoms with E-state index < -0.39 is 0 Å². The fourth-order valence-corrected chi connectivity index (χ4v) is 2.87. The first-order chi connectivity index (χ1) is 8.98. The standard InChI is InChI=1S/C14H22N2O2S/c1-5-14(6-2,19-4)10-15-13-8-7-12(16(17)18)9-11(13)3/h7-9,15H,5-6,10H2,1-4H3. The molecule has 4 nitrogen and oxygen atoms in total. The zero-order chi connectivity index (χ0) is 14.5. The zero-order valence-corrected chi connectivity index (χ0v) is 12.8. The van der Waals surface area contributed by atoms with Crippen molar-refractivity contribution in [2.45, 2.75) is 38.4 Å². The van der Waals surface area contributed by atoms with E-state index in [-0.39, 0.29) is 15.4 Å². The molecule has 1 N–H and O–H groups in total. The molecule has 0 aromatic heterocycles. The molecule has 106 valence electrons. The van der Waals surface area contributed by atoms with E-state index in [2.05, 4.69) is 25.4 Å². The summed E-state index contributed by atoms with van der Waals surface area (Å²) in [5.41, 5.74) is 2.03. The summed E-state index contributed by atoms with van der Waals surface area (Å²) < 4.78 is 0.230. The van der Waals surface area contributed by atoms with Crippen molar-refractivity contribution in [2.75, 3.05) is 18.1 Å². The van der Waals surface area contributed by atoms with Crippen molar-refractivity contribution in [1.29, 1.82) is 0 Å². The van der Waals surface area contributed by atoms with Crippen molar-refractivity contribution in [3.05, 3.63) is 33.9 Å². The van der Waals surface area contributed by atoms with E-state index in [9.17, 15) is 10.1 Å². The third kappa shape index (κ3) is 3.86. The van der Waals surface area contributed by atoms with Crippen molar-refractivity contribution in [3.63, 3.8) is 0 Å². The molecule has 0 bridgehead atoms. The molecule has 1 rings (SSSR count). The second-order valence-electron chi connectivity index (χ2n) is 4.70. The Morgan fingerprint density at radius 1 is 1.37 bits per heavy atom. The molecule has 0 aliphatic heterocycles. The summed E-state index contributed by atoms with van der Waals surface area (Å²) in [5, 5.41) is 14.1. The molecule has 0 unspecified atom stereocenters. The minimum absolute atomic E-state index is 0.144. The maximum atomic E-state index is 10.7. The highest BCUT2D eigenvalue weighted by atomic mass is 32.2. The fraction of sp³-hybridized carbons (Fsp3) is 0.571. The molecular weight excluding hydrogens is 260 g/mol. The van der Waals surface area contributed by atoms with E-state index in [1.807, 2.05) is 18.7 Å². The highest BCUT2D eigenvalue weighted by Gasteiger charge is 2.24. The molecule has 1 aromatic carbocycles. The molecule has 0 amide bonds. The molecule has 0 fully saturated rings. The summed E-state index contributed by atoms with van der Waals surface area (Å²) in [7, 11) is 0. The summed E-state index contributed by atoms with van der Waals surface area (Å²) in [5.74, 6) is 0. The lowest BCUT2D eigenvalue weighted by molar-refractivity contribution is -0.384. The summed E-state index contributed by atoms with van der Waals surface area (Å²) in [6.07, 6.45) is 4.34. The lowest BCUT2D eigenvalue weighted by Crippen LogP contribution is -2.32. The van der Waals surface area contributed by atoms with Gasteiger partial charge in [-0.25, -0.2) is 0 Å². The Labute approximate surface area is 119 Å². The highest BCUT2D eigenvalue weighted by Crippen LogP contribution is 2.31. The molecular formula is C14H22N2O2S. The molecule has 0 atom stereocenters. The Hall–Kier alpha value is -1.23. The van der Waals surface area contributed by atoms with Gasteiger partial charge < -0.3 is 5.32 Å². The van der Waals surface area contributed by atoms with Crippen LogP contribution < -0.4 is 5.32 Å². The number of rotatable bonds is 7. The molecule has 5 heteroatoms. The predicted octanol–water partition coefficient (Wildman–Crippen LogP) is 4.24. The van der Waals surface area contributed by atoms with Crippen LogP contribution in [0.2, 0.25) is 0 Å². The van der Waals surface area contributed by atoms with Crippen LogP contribution >= 0.6 is 11.8 Å². The van der Waals surface area contributed by atoms with Crippen LogP contribution in [0.25, 0.3) is 0 Å². The van der Waals surface area contributed by atoms with Gasteiger partial charge in [-0.3, -0.25) is 10.1 Å². The van der Waals surface area contributed by atoms with Gasteiger partial charge in [0.05, 0.1) is 4.92 Å². The molecule has 0 aliphatic carbocycles. The molecule has 0 saturated heterocycles. The van der Waals surface area contributed by atoms with Gasteiger partial charge >= 0.3 is 0 Å². The van der Waals surface area contributed by atoms with Gasteiger partial charge in [-0.15, -0.1) is 0 Å². The molecule has 0 saturated carbocycles. The molecule has 1 aromatic rings. The minimum Gasteiger partial charge on any atom is -0.383 e. The van der Waals surface area contributed by atoms with E-state index in [0.717, 1.165) is 30.6 Å². The minimum atomic E-state index is -0.360. The van der Waals surface area contributed by atoms with Crippen LogP contribution in [0.15, 0.2) is 18.2 Å². The van der Waals surface area contributed by atoms with Gasteiger partial charge in [-0.05, 0) is 37.7 Å². The van der Waals surface area contributed by atoms with Crippen LogP contribution in [0.4, 0.5) is 11.4 Å². The quantitative estimate of drug-likeness (QED) is 0.600. The topological polar surface area (TPSA) is 55.2 Å². The average Bonchev–Trinajstić information content (AvgIpc) is 2.42. The first-order valence-electron chi connectivity index (χ1n) is 6.52. The van der Waals surface area contributed by atoms with Gasteiger partial charge in [-0.2, -0.15) is 11.8 Å². The Bertz CT molecular complexity index is 437. The SMILES string of the molecule is CCC(CC)(CNc1ccc([N+](=O)[O-])cc1C)SC. The smallest absolute Gasteiger partial charge is 0.269 e. The van der Waals surface area contributed by atoms with E-state index >= 15 is 0 Å². The van der Waals surface area contributed by atoms with Crippen molar-refractivity contribution in [3.8, 4) is 0 Å². The number of nitrogens with one attached hydrogen (secondary N) is 1. The van der Waals surface area contributed by atoms with Gasteiger partial charge in [-0.1, -0.05) is 13.8 Å². The van der Waals surface area contributed by atoms with Gasteiger partial charge in [0.25, 0.3) is 5.69 Å². The Morgan fingerprint density at radius 2 is 2.00 bits per heavy atom. The molecule has 19 heavy (non-hydrogen) atoms. The van der Waals surface area contributed by atoms with Crippen molar-refractivity contribution in [2.24, 2.45) is 0 Å². The molecule has 0 heterocycles. The second-order valence-corrected chi connectivity index (χ2v) is 5.98. The number of hydrogen-bond donors (Lipinski definition) is 1. The van der Waals surface area contributed by atoms with E-state index in [1.54, 1.807) is 18.2 Å². The van der Waals surface area contributed by atoms with E-state index in [1.165, 1.54) is 0 Å².